The summed E-state index contributed by atoms with van der Waals surface area (Å²) in [6, 6.07) is 13.0. The van der Waals surface area contributed by atoms with Crippen molar-refractivity contribution >= 4 is 21.5 Å². The average Bonchev–Trinajstić information content (AvgIpc) is 2.60. The van der Waals surface area contributed by atoms with Crippen molar-refractivity contribution in [1.82, 2.24) is 0 Å². The summed E-state index contributed by atoms with van der Waals surface area (Å²) in [6.45, 7) is 0. The summed E-state index contributed by atoms with van der Waals surface area (Å²) in [5.41, 5.74) is 2.92. The Kier molecular flexibility index (Phi) is 3.18. The maximum Gasteiger partial charge on any atom is 0.169 e. The van der Waals surface area contributed by atoms with Crippen LogP contribution in [0.4, 0.5) is 0 Å². The zero-order valence-corrected chi connectivity index (χ0v) is 13.1. The molecule has 0 aromatic heterocycles. The first-order valence-corrected chi connectivity index (χ1v) is 7.92. The Hall–Kier alpha value is -2.22. The zero-order valence-electron chi connectivity index (χ0n) is 13.1. The van der Waals surface area contributed by atoms with E-state index in [9.17, 15) is 0 Å². The monoisotopic (exact) mass is 292 g/mol. The predicted molar refractivity (Wildman–Crippen MR) is 91.2 cm³/mol. The van der Waals surface area contributed by atoms with Gasteiger partial charge in [-0.2, -0.15) is 0 Å². The number of rotatable bonds is 2. The lowest BCUT2D eigenvalue weighted by atomic mass is 9.86. The van der Waals surface area contributed by atoms with Crippen LogP contribution in [0.25, 0.3) is 21.5 Å². The molecule has 0 heterocycles. The molecule has 3 aromatic rings. The Balaban J connectivity index is 2.24. The fourth-order valence-electron chi connectivity index (χ4n) is 3.86. The zero-order chi connectivity index (χ0) is 15.1. The molecule has 4 rings (SSSR count). The molecular formula is C20H20O2. The van der Waals surface area contributed by atoms with Gasteiger partial charge in [0.1, 0.15) is 0 Å². The van der Waals surface area contributed by atoms with Gasteiger partial charge in [-0.05, 0) is 47.6 Å². The van der Waals surface area contributed by atoms with Crippen molar-refractivity contribution in [2.75, 3.05) is 14.2 Å². The largest absolute Gasteiger partial charge is 0.492 e. The minimum absolute atomic E-state index is 0.851. The van der Waals surface area contributed by atoms with Gasteiger partial charge >= 0.3 is 0 Å². The molecule has 0 N–H and O–H groups in total. The van der Waals surface area contributed by atoms with Crippen LogP contribution in [0.5, 0.6) is 11.5 Å². The number of ether oxygens (including phenoxy) is 2. The van der Waals surface area contributed by atoms with E-state index in [0.29, 0.717) is 0 Å². The summed E-state index contributed by atoms with van der Waals surface area (Å²) in [5, 5.41) is 4.87. The second-order valence-corrected chi connectivity index (χ2v) is 5.94. The third-order valence-electron chi connectivity index (χ3n) is 4.84. The first-order valence-electron chi connectivity index (χ1n) is 7.92. The SMILES string of the molecule is COc1c(OC)c2c3c(ccc2c2ccccc12)CCCC3. The van der Waals surface area contributed by atoms with E-state index in [1.54, 1.807) is 14.2 Å². The highest BCUT2D eigenvalue weighted by molar-refractivity contribution is 6.15. The molecule has 1 aliphatic carbocycles. The van der Waals surface area contributed by atoms with Crippen LogP contribution in [0.3, 0.4) is 0 Å². The molecule has 0 saturated heterocycles. The van der Waals surface area contributed by atoms with E-state index in [4.69, 9.17) is 9.47 Å². The molecule has 0 atom stereocenters. The lowest BCUT2D eigenvalue weighted by Gasteiger charge is -2.22. The third-order valence-corrected chi connectivity index (χ3v) is 4.84. The van der Waals surface area contributed by atoms with Crippen LogP contribution in [-0.4, -0.2) is 14.2 Å². The Morgan fingerprint density at radius 2 is 1.45 bits per heavy atom. The molecule has 1 aliphatic rings. The molecule has 0 bridgehead atoms. The Bertz CT molecular complexity index is 865. The quantitative estimate of drug-likeness (QED) is 0.626. The van der Waals surface area contributed by atoms with Crippen LogP contribution in [0.2, 0.25) is 0 Å². The van der Waals surface area contributed by atoms with Crippen LogP contribution in [0, 0.1) is 0 Å². The van der Waals surface area contributed by atoms with Gasteiger partial charge in [-0.1, -0.05) is 36.4 Å². The third kappa shape index (κ3) is 1.80. The number of hydrogen-bond donors (Lipinski definition) is 0. The van der Waals surface area contributed by atoms with Gasteiger partial charge in [0.05, 0.1) is 14.2 Å². The fourth-order valence-corrected chi connectivity index (χ4v) is 3.86. The van der Waals surface area contributed by atoms with Gasteiger partial charge in [0.25, 0.3) is 0 Å². The topological polar surface area (TPSA) is 18.5 Å². The average molecular weight is 292 g/mol. The standard InChI is InChI=1S/C20H20O2/c1-21-19-17-10-6-5-9-15(17)16-12-11-13-7-3-4-8-14(13)18(16)20(19)22-2/h5-6,9-12H,3-4,7-8H2,1-2H3. The van der Waals surface area contributed by atoms with Gasteiger partial charge in [-0.3, -0.25) is 0 Å². The fraction of sp³-hybridized carbons (Fsp3) is 0.300. The van der Waals surface area contributed by atoms with Gasteiger partial charge in [0, 0.05) is 10.8 Å². The Morgan fingerprint density at radius 3 is 2.23 bits per heavy atom. The first-order chi connectivity index (χ1) is 10.8. The van der Waals surface area contributed by atoms with Crippen molar-refractivity contribution in [3.05, 3.63) is 47.5 Å². The van der Waals surface area contributed by atoms with Gasteiger partial charge in [0.15, 0.2) is 11.5 Å². The van der Waals surface area contributed by atoms with Crippen molar-refractivity contribution in [3.8, 4) is 11.5 Å². The van der Waals surface area contributed by atoms with Crippen molar-refractivity contribution in [2.24, 2.45) is 0 Å². The molecule has 22 heavy (non-hydrogen) atoms. The summed E-state index contributed by atoms with van der Waals surface area (Å²) < 4.78 is 11.5. The highest BCUT2D eigenvalue weighted by Gasteiger charge is 2.21. The van der Waals surface area contributed by atoms with Gasteiger partial charge in [-0.25, -0.2) is 0 Å². The predicted octanol–water partition coefficient (Wildman–Crippen LogP) is 4.89. The minimum atomic E-state index is 0.851. The molecule has 0 aliphatic heterocycles. The molecule has 112 valence electrons. The Labute approximate surface area is 130 Å². The summed E-state index contributed by atoms with van der Waals surface area (Å²) in [7, 11) is 3.47. The van der Waals surface area contributed by atoms with E-state index in [-0.39, 0.29) is 0 Å². The maximum atomic E-state index is 5.80. The summed E-state index contributed by atoms with van der Waals surface area (Å²) >= 11 is 0. The van der Waals surface area contributed by atoms with E-state index >= 15 is 0 Å². The van der Waals surface area contributed by atoms with Gasteiger partial charge < -0.3 is 9.47 Å². The van der Waals surface area contributed by atoms with E-state index in [2.05, 4.69) is 36.4 Å². The van der Waals surface area contributed by atoms with Gasteiger partial charge in [0.2, 0.25) is 0 Å². The van der Waals surface area contributed by atoms with E-state index in [1.807, 2.05) is 0 Å². The summed E-state index contributed by atoms with van der Waals surface area (Å²) in [6.07, 6.45) is 4.84. The Morgan fingerprint density at radius 1 is 0.727 bits per heavy atom. The lowest BCUT2D eigenvalue weighted by molar-refractivity contribution is 0.362. The van der Waals surface area contributed by atoms with Crippen LogP contribution >= 0.6 is 0 Å². The molecule has 0 spiro atoms. The van der Waals surface area contributed by atoms with Crippen molar-refractivity contribution < 1.29 is 9.47 Å². The molecular weight excluding hydrogens is 272 g/mol. The maximum absolute atomic E-state index is 5.80. The van der Waals surface area contributed by atoms with Crippen LogP contribution in [0.15, 0.2) is 36.4 Å². The van der Waals surface area contributed by atoms with E-state index < -0.39 is 0 Å². The smallest absolute Gasteiger partial charge is 0.169 e. The molecule has 2 nitrogen and oxygen atoms in total. The lowest BCUT2D eigenvalue weighted by Crippen LogP contribution is -2.05. The van der Waals surface area contributed by atoms with Gasteiger partial charge in [-0.15, -0.1) is 0 Å². The van der Waals surface area contributed by atoms with Crippen molar-refractivity contribution in [3.63, 3.8) is 0 Å². The van der Waals surface area contributed by atoms with Crippen molar-refractivity contribution in [1.29, 1.82) is 0 Å². The van der Waals surface area contributed by atoms with Crippen LogP contribution < -0.4 is 9.47 Å². The number of fused-ring (bicyclic) bond motifs is 5. The highest BCUT2D eigenvalue weighted by atomic mass is 16.5. The number of methoxy groups -OCH3 is 2. The molecule has 0 amide bonds. The number of aryl methyl sites for hydroxylation is 2. The van der Waals surface area contributed by atoms with E-state index in [1.165, 1.54) is 46.5 Å². The second kappa shape index (κ2) is 5.20. The number of hydrogen-bond acceptors (Lipinski definition) is 2. The van der Waals surface area contributed by atoms with E-state index in [0.717, 1.165) is 23.3 Å². The normalized spacial score (nSPS) is 14.1. The molecule has 0 unspecified atom stereocenters. The minimum Gasteiger partial charge on any atom is -0.492 e. The second-order valence-electron chi connectivity index (χ2n) is 5.94. The summed E-state index contributed by atoms with van der Waals surface area (Å²) in [5.74, 6) is 1.74. The highest BCUT2D eigenvalue weighted by Crippen LogP contribution is 2.46. The molecule has 0 saturated carbocycles. The van der Waals surface area contributed by atoms with Crippen molar-refractivity contribution in [2.45, 2.75) is 25.7 Å². The molecule has 2 heteroatoms. The number of benzene rings is 3. The van der Waals surface area contributed by atoms with Crippen LogP contribution in [0.1, 0.15) is 24.0 Å². The molecule has 3 aromatic carbocycles. The molecule has 0 fully saturated rings. The molecule has 0 radical (unpaired) electrons. The van der Waals surface area contributed by atoms with Crippen LogP contribution in [-0.2, 0) is 12.8 Å². The first kappa shape index (κ1) is 13.4. The summed E-state index contributed by atoms with van der Waals surface area (Å²) in [4.78, 5) is 0.